The van der Waals surface area contributed by atoms with E-state index in [2.05, 4.69) is 10.6 Å². The molecule has 1 saturated heterocycles. The summed E-state index contributed by atoms with van der Waals surface area (Å²) in [5.74, 6) is 1.86. The molecule has 7 nitrogen and oxygen atoms in total. The van der Waals surface area contributed by atoms with Gasteiger partial charge in [0.2, 0.25) is 12.7 Å². The minimum atomic E-state index is -0.763. The number of aliphatic hydroxyl groups is 1. The molecular weight excluding hydrogens is 336 g/mol. The van der Waals surface area contributed by atoms with E-state index in [1.54, 1.807) is 18.2 Å². The van der Waals surface area contributed by atoms with Crippen molar-refractivity contribution in [1.82, 2.24) is 10.6 Å². The SMILES string of the molecule is Cl.O=C(CC1CCCN1)NCC(O)COc1ccc2c(c1)OCO2. The Morgan fingerprint density at radius 2 is 2.25 bits per heavy atom. The van der Waals surface area contributed by atoms with Gasteiger partial charge in [-0.1, -0.05) is 0 Å². The van der Waals surface area contributed by atoms with Gasteiger partial charge >= 0.3 is 0 Å². The third kappa shape index (κ3) is 5.15. The summed E-state index contributed by atoms with van der Waals surface area (Å²) in [6, 6.07) is 5.50. The lowest BCUT2D eigenvalue weighted by Crippen LogP contribution is -2.38. The number of hydrogen-bond donors (Lipinski definition) is 3. The quantitative estimate of drug-likeness (QED) is 0.669. The summed E-state index contributed by atoms with van der Waals surface area (Å²) in [5.41, 5.74) is 0. The van der Waals surface area contributed by atoms with E-state index >= 15 is 0 Å². The Balaban J connectivity index is 0.00000208. The van der Waals surface area contributed by atoms with Crippen molar-refractivity contribution in [3.63, 3.8) is 0 Å². The molecule has 2 heterocycles. The number of amides is 1. The fraction of sp³-hybridized carbons (Fsp3) is 0.562. The number of nitrogens with one attached hydrogen (secondary N) is 2. The van der Waals surface area contributed by atoms with Crippen LogP contribution in [-0.4, -0.2) is 49.6 Å². The minimum absolute atomic E-state index is 0. The number of carbonyl (C=O) groups excluding carboxylic acids is 1. The average Bonchev–Trinajstić information content (AvgIpc) is 3.21. The molecule has 24 heavy (non-hydrogen) atoms. The summed E-state index contributed by atoms with van der Waals surface area (Å²) < 4.78 is 16.0. The second-order valence-corrected chi connectivity index (χ2v) is 5.78. The van der Waals surface area contributed by atoms with Crippen LogP contribution in [0.25, 0.3) is 0 Å². The zero-order valence-corrected chi connectivity index (χ0v) is 14.1. The molecular formula is C16H23ClN2O5. The topological polar surface area (TPSA) is 89.1 Å². The number of halogens is 1. The van der Waals surface area contributed by atoms with E-state index in [0.717, 1.165) is 19.4 Å². The lowest BCUT2D eigenvalue weighted by Gasteiger charge is -2.15. The molecule has 8 heteroatoms. The Morgan fingerprint density at radius 1 is 1.42 bits per heavy atom. The van der Waals surface area contributed by atoms with Crippen molar-refractivity contribution in [2.24, 2.45) is 0 Å². The van der Waals surface area contributed by atoms with Gasteiger partial charge in [0.05, 0.1) is 0 Å². The molecule has 3 rings (SSSR count). The second kappa shape index (κ2) is 8.96. The van der Waals surface area contributed by atoms with Crippen molar-refractivity contribution < 1.29 is 24.1 Å². The third-order valence-electron chi connectivity index (χ3n) is 3.92. The minimum Gasteiger partial charge on any atom is -0.491 e. The van der Waals surface area contributed by atoms with Gasteiger partial charge in [0.1, 0.15) is 18.5 Å². The molecule has 1 aromatic carbocycles. The zero-order chi connectivity index (χ0) is 16.1. The van der Waals surface area contributed by atoms with E-state index in [0.29, 0.717) is 23.7 Å². The van der Waals surface area contributed by atoms with Crippen molar-refractivity contribution in [3.8, 4) is 17.2 Å². The first-order valence-corrected chi connectivity index (χ1v) is 7.91. The van der Waals surface area contributed by atoms with Gasteiger partial charge in [-0.05, 0) is 31.5 Å². The molecule has 0 bridgehead atoms. The Bertz CT molecular complexity index is 551. The van der Waals surface area contributed by atoms with Crippen molar-refractivity contribution >= 4 is 18.3 Å². The van der Waals surface area contributed by atoms with E-state index in [1.807, 2.05) is 0 Å². The molecule has 0 aromatic heterocycles. The highest BCUT2D eigenvalue weighted by Gasteiger charge is 2.18. The summed E-state index contributed by atoms with van der Waals surface area (Å²) in [6.45, 7) is 1.46. The van der Waals surface area contributed by atoms with Crippen LogP contribution in [0.4, 0.5) is 0 Å². The van der Waals surface area contributed by atoms with Crippen molar-refractivity contribution in [2.45, 2.75) is 31.4 Å². The number of aliphatic hydroxyl groups excluding tert-OH is 1. The number of ether oxygens (including phenoxy) is 3. The number of hydrogen-bond acceptors (Lipinski definition) is 6. The van der Waals surface area contributed by atoms with Crippen LogP contribution in [0.5, 0.6) is 17.2 Å². The first-order chi connectivity index (χ1) is 11.2. The maximum Gasteiger partial charge on any atom is 0.231 e. The van der Waals surface area contributed by atoms with Gasteiger partial charge in [-0.15, -0.1) is 12.4 Å². The van der Waals surface area contributed by atoms with Gasteiger partial charge in [-0.3, -0.25) is 4.79 Å². The standard InChI is InChI=1S/C16H22N2O5.ClH/c19-12(8-18-16(20)6-11-2-1-5-17-11)9-21-13-3-4-14-15(7-13)23-10-22-14;/h3-4,7,11-12,17,19H,1-2,5-6,8-10H2,(H,18,20);1H. The van der Waals surface area contributed by atoms with Crippen molar-refractivity contribution in [1.29, 1.82) is 0 Å². The van der Waals surface area contributed by atoms with E-state index < -0.39 is 6.10 Å². The molecule has 0 saturated carbocycles. The van der Waals surface area contributed by atoms with Crippen LogP contribution in [0.15, 0.2) is 18.2 Å². The molecule has 1 aromatic rings. The lowest BCUT2D eigenvalue weighted by atomic mass is 10.1. The summed E-state index contributed by atoms with van der Waals surface area (Å²) >= 11 is 0. The molecule has 0 spiro atoms. The molecule has 2 atom stereocenters. The summed E-state index contributed by atoms with van der Waals surface area (Å²) in [4.78, 5) is 11.8. The van der Waals surface area contributed by atoms with E-state index in [1.165, 1.54) is 0 Å². The van der Waals surface area contributed by atoms with Gasteiger partial charge in [0.25, 0.3) is 0 Å². The largest absolute Gasteiger partial charge is 0.491 e. The highest BCUT2D eigenvalue weighted by Crippen LogP contribution is 2.35. The first kappa shape index (κ1) is 18.6. The van der Waals surface area contributed by atoms with Crippen molar-refractivity contribution in [2.75, 3.05) is 26.5 Å². The molecule has 2 aliphatic rings. The zero-order valence-electron chi connectivity index (χ0n) is 13.3. The normalized spacial score (nSPS) is 19.5. The predicted octanol–water partition coefficient (Wildman–Crippen LogP) is 0.835. The van der Waals surface area contributed by atoms with Gasteiger partial charge in [0, 0.05) is 25.1 Å². The van der Waals surface area contributed by atoms with Gasteiger partial charge in [-0.2, -0.15) is 0 Å². The predicted molar refractivity (Wildman–Crippen MR) is 90.0 cm³/mol. The first-order valence-electron chi connectivity index (χ1n) is 7.91. The third-order valence-corrected chi connectivity index (χ3v) is 3.92. The number of benzene rings is 1. The highest BCUT2D eigenvalue weighted by atomic mass is 35.5. The number of carbonyl (C=O) groups is 1. The number of rotatable bonds is 7. The summed E-state index contributed by atoms with van der Waals surface area (Å²) in [6.07, 6.45) is 1.84. The molecule has 134 valence electrons. The van der Waals surface area contributed by atoms with Gasteiger partial charge in [-0.25, -0.2) is 0 Å². The second-order valence-electron chi connectivity index (χ2n) is 5.78. The molecule has 3 N–H and O–H groups in total. The maximum absolute atomic E-state index is 11.8. The van der Waals surface area contributed by atoms with E-state index in [9.17, 15) is 9.90 Å². The van der Waals surface area contributed by atoms with Crippen LogP contribution in [0.2, 0.25) is 0 Å². The molecule has 2 aliphatic heterocycles. The maximum atomic E-state index is 11.8. The Morgan fingerprint density at radius 3 is 3.04 bits per heavy atom. The van der Waals surface area contributed by atoms with E-state index in [4.69, 9.17) is 14.2 Å². The smallest absolute Gasteiger partial charge is 0.231 e. The Hall–Kier alpha value is -1.70. The molecule has 0 radical (unpaired) electrons. The number of fused-ring (bicyclic) bond motifs is 1. The van der Waals surface area contributed by atoms with Crippen LogP contribution in [0.1, 0.15) is 19.3 Å². The summed E-state index contributed by atoms with van der Waals surface area (Å²) in [7, 11) is 0. The fourth-order valence-corrected chi connectivity index (χ4v) is 2.68. The summed E-state index contributed by atoms with van der Waals surface area (Å²) in [5, 5.41) is 15.9. The monoisotopic (exact) mass is 358 g/mol. The van der Waals surface area contributed by atoms with Gasteiger partial charge in [0.15, 0.2) is 11.5 Å². The van der Waals surface area contributed by atoms with Crippen LogP contribution in [0, 0.1) is 0 Å². The molecule has 2 unspecified atom stereocenters. The van der Waals surface area contributed by atoms with Crippen LogP contribution >= 0.6 is 12.4 Å². The van der Waals surface area contributed by atoms with Crippen molar-refractivity contribution in [3.05, 3.63) is 18.2 Å². The fourth-order valence-electron chi connectivity index (χ4n) is 2.68. The Kier molecular flexibility index (Phi) is 6.96. The lowest BCUT2D eigenvalue weighted by molar-refractivity contribution is -0.122. The molecule has 1 amide bonds. The van der Waals surface area contributed by atoms with E-state index in [-0.39, 0.29) is 44.3 Å². The average molecular weight is 359 g/mol. The highest BCUT2D eigenvalue weighted by molar-refractivity contribution is 5.85. The van der Waals surface area contributed by atoms with Crippen LogP contribution in [0.3, 0.4) is 0 Å². The van der Waals surface area contributed by atoms with Gasteiger partial charge < -0.3 is 30.0 Å². The Labute approximate surface area is 147 Å². The molecule has 1 fully saturated rings. The van der Waals surface area contributed by atoms with Crippen LogP contribution < -0.4 is 24.8 Å². The molecule has 0 aliphatic carbocycles. The van der Waals surface area contributed by atoms with Crippen LogP contribution in [-0.2, 0) is 4.79 Å².